The molecule has 0 fully saturated rings. The second-order valence-corrected chi connectivity index (χ2v) is 9.15. The molecule has 166 valence electrons. The molecule has 6 rings (SSSR count). The zero-order valence-electron chi connectivity index (χ0n) is 17.9. The Hall–Kier alpha value is -3.16. The van der Waals surface area contributed by atoms with Crippen LogP contribution in [-0.2, 0) is 13.0 Å². The molecule has 0 N–H and O–H groups in total. The number of fused-ring (bicyclic) bond motifs is 2. The van der Waals surface area contributed by atoms with Gasteiger partial charge in [-0.1, -0.05) is 41.4 Å². The van der Waals surface area contributed by atoms with Gasteiger partial charge in [-0.05, 0) is 55.2 Å². The van der Waals surface area contributed by atoms with Crippen molar-refractivity contribution in [2.24, 2.45) is 0 Å². The molecule has 0 saturated carbocycles. The Labute approximate surface area is 200 Å². The number of hydrogen-bond donors (Lipinski definition) is 0. The van der Waals surface area contributed by atoms with Crippen LogP contribution in [0.4, 0.5) is 0 Å². The molecule has 7 nitrogen and oxygen atoms in total. The maximum Gasteiger partial charge on any atom is 0.246 e. The molecule has 33 heavy (non-hydrogen) atoms. The molecule has 0 bridgehead atoms. The Kier molecular flexibility index (Phi) is 4.96. The van der Waals surface area contributed by atoms with E-state index in [4.69, 9.17) is 37.7 Å². The van der Waals surface area contributed by atoms with Crippen LogP contribution in [0.2, 0.25) is 10.0 Å². The van der Waals surface area contributed by atoms with Crippen molar-refractivity contribution in [3.63, 3.8) is 0 Å². The van der Waals surface area contributed by atoms with E-state index in [1.54, 1.807) is 16.8 Å². The monoisotopic (exact) mass is 478 g/mol. The van der Waals surface area contributed by atoms with Gasteiger partial charge in [0.2, 0.25) is 11.6 Å². The highest BCUT2D eigenvalue weighted by Gasteiger charge is 2.27. The van der Waals surface area contributed by atoms with Crippen molar-refractivity contribution in [3.8, 4) is 11.5 Å². The van der Waals surface area contributed by atoms with Gasteiger partial charge >= 0.3 is 0 Å². The fourth-order valence-electron chi connectivity index (χ4n) is 4.44. The number of benzene rings is 2. The van der Waals surface area contributed by atoms with Gasteiger partial charge < -0.3 is 4.42 Å². The molecule has 1 aliphatic heterocycles. The first-order chi connectivity index (χ1) is 16.0. The molecule has 4 heterocycles. The fourth-order valence-corrected chi connectivity index (χ4v) is 4.98. The van der Waals surface area contributed by atoms with E-state index in [2.05, 4.69) is 22.2 Å². The Morgan fingerprint density at radius 1 is 1.09 bits per heavy atom. The third-order valence-corrected chi connectivity index (χ3v) is 6.65. The quantitative estimate of drug-likeness (QED) is 0.330. The highest BCUT2D eigenvalue weighted by atomic mass is 35.5. The van der Waals surface area contributed by atoms with Gasteiger partial charge in [-0.2, -0.15) is 9.61 Å². The number of hydrogen-bond acceptors (Lipinski definition) is 5. The maximum absolute atomic E-state index is 6.50. The van der Waals surface area contributed by atoms with Crippen LogP contribution < -0.4 is 0 Å². The number of aromatic nitrogens is 6. The third-order valence-electron chi connectivity index (χ3n) is 6.09. The van der Waals surface area contributed by atoms with Gasteiger partial charge in [-0.15, -0.1) is 5.10 Å². The largest absolute Gasteiger partial charge is 0.417 e. The molecule has 2 aromatic carbocycles. The predicted molar refractivity (Wildman–Crippen MR) is 126 cm³/mol. The highest BCUT2D eigenvalue weighted by Crippen LogP contribution is 2.37. The second-order valence-electron chi connectivity index (χ2n) is 8.31. The summed E-state index contributed by atoms with van der Waals surface area (Å²) in [5.74, 6) is 3.27. The van der Waals surface area contributed by atoms with Crippen molar-refractivity contribution in [2.45, 2.75) is 38.6 Å². The molecule has 1 unspecified atom stereocenters. The van der Waals surface area contributed by atoms with E-state index in [0.717, 1.165) is 53.5 Å². The minimum atomic E-state index is 0.125. The van der Waals surface area contributed by atoms with Crippen molar-refractivity contribution in [1.29, 1.82) is 0 Å². The normalized spacial score (nSPS) is 15.8. The lowest BCUT2D eigenvalue weighted by Gasteiger charge is -2.23. The Morgan fingerprint density at radius 3 is 2.73 bits per heavy atom. The Bertz CT molecular complexity index is 1470. The van der Waals surface area contributed by atoms with Gasteiger partial charge in [-0.25, -0.2) is 14.6 Å². The summed E-state index contributed by atoms with van der Waals surface area (Å²) in [6.45, 7) is 2.76. The molecule has 5 aromatic rings. The van der Waals surface area contributed by atoms with Crippen LogP contribution in [0.5, 0.6) is 0 Å². The summed E-state index contributed by atoms with van der Waals surface area (Å²) in [5.41, 5.74) is 3.73. The zero-order valence-corrected chi connectivity index (χ0v) is 19.4. The number of aryl methyl sites for hydroxylation is 2. The summed E-state index contributed by atoms with van der Waals surface area (Å²) < 4.78 is 9.52. The average Bonchev–Trinajstić information content (AvgIpc) is 3.50. The number of rotatable bonds is 4. The second kappa shape index (κ2) is 8.01. The van der Waals surface area contributed by atoms with Crippen molar-refractivity contribution in [1.82, 2.24) is 29.4 Å². The number of nitrogens with zero attached hydrogens (tertiary/aromatic N) is 6. The van der Waals surface area contributed by atoms with Crippen LogP contribution in [-0.4, -0.2) is 29.4 Å². The van der Waals surface area contributed by atoms with Gasteiger partial charge in [0.15, 0.2) is 5.82 Å². The van der Waals surface area contributed by atoms with Gasteiger partial charge in [0.1, 0.15) is 11.6 Å². The smallest absolute Gasteiger partial charge is 0.246 e. The molecule has 3 aromatic heterocycles. The molecule has 0 radical (unpaired) electrons. The molecular weight excluding hydrogens is 459 g/mol. The van der Waals surface area contributed by atoms with E-state index in [0.29, 0.717) is 28.1 Å². The molecule has 1 aliphatic rings. The van der Waals surface area contributed by atoms with Gasteiger partial charge in [0.05, 0.1) is 6.20 Å². The van der Waals surface area contributed by atoms with Gasteiger partial charge in [0, 0.05) is 34.5 Å². The lowest BCUT2D eigenvalue weighted by atomic mass is 9.91. The Morgan fingerprint density at radius 2 is 1.94 bits per heavy atom. The minimum absolute atomic E-state index is 0.125. The highest BCUT2D eigenvalue weighted by molar-refractivity contribution is 6.35. The van der Waals surface area contributed by atoms with E-state index in [1.165, 1.54) is 0 Å². The molecule has 9 heteroatoms. The third kappa shape index (κ3) is 3.71. The van der Waals surface area contributed by atoms with Crippen molar-refractivity contribution in [2.75, 3.05) is 0 Å². The van der Waals surface area contributed by atoms with E-state index in [9.17, 15) is 0 Å². The predicted octanol–water partition coefficient (Wildman–Crippen LogP) is 5.71. The van der Waals surface area contributed by atoms with Crippen molar-refractivity contribution < 1.29 is 4.42 Å². The average molecular weight is 479 g/mol. The van der Waals surface area contributed by atoms with Crippen LogP contribution in [0.3, 0.4) is 0 Å². The standard InChI is InChI=1S/C24H20Cl2N6O/c1-14-27-13-22-32(14)30-24(33-22)16-6-4-15(5-7-16)11-21-28-23-19(3-2-10-31(23)29-21)18-9-8-17(25)12-20(18)26/h4-9,12-13,19H,2-3,10-11H2,1H3. The lowest BCUT2D eigenvalue weighted by Crippen LogP contribution is -2.18. The summed E-state index contributed by atoms with van der Waals surface area (Å²) >= 11 is 12.6. The summed E-state index contributed by atoms with van der Waals surface area (Å²) in [5, 5.41) is 10.6. The summed E-state index contributed by atoms with van der Waals surface area (Å²) in [6.07, 6.45) is 4.36. The zero-order chi connectivity index (χ0) is 22.5. The molecule has 0 spiro atoms. The number of imidazole rings is 1. The van der Waals surface area contributed by atoms with E-state index in [-0.39, 0.29) is 5.92 Å². The summed E-state index contributed by atoms with van der Waals surface area (Å²) in [6, 6.07) is 13.8. The Balaban J connectivity index is 1.24. The summed E-state index contributed by atoms with van der Waals surface area (Å²) in [4.78, 5) is 9.09. The number of halogens is 2. The van der Waals surface area contributed by atoms with Crippen molar-refractivity contribution >= 4 is 28.9 Å². The lowest BCUT2D eigenvalue weighted by molar-refractivity contribution is 0.445. The maximum atomic E-state index is 6.50. The minimum Gasteiger partial charge on any atom is -0.417 e. The molecule has 0 amide bonds. The molecule has 0 saturated heterocycles. The van der Waals surface area contributed by atoms with Crippen LogP contribution in [0, 0.1) is 6.92 Å². The van der Waals surface area contributed by atoms with Crippen molar-refractivity contribution in [3.05, 3.63) is 87.3 Å². The molecular formula is C24H20Cl2N6O. The van der Waals surface area contributed by atoms with Crippen LogP contribution in [0.1, 0.15) is 47.4 Å². The first-order valence-electron chi connectivity index (χ1n) is 10.8. The molecule has 0 aliphatic carbocycles. The van der Waals surface area contributed by atoms with Crippen LogP contribution in [0.25, 0.3) is 17.2 Å². The first-order valence-corrected chi connectivity index (χ1v) is 11.6. The van der Waals surface area contributed by atoms with E-state index < -0.39 is 0 Å². The molecule has 1 atom stereocenters. The topological polar surface area (TPSA) is 74.0 Å². The fraction of sp³-hybridized carbons (Fsp3) is 0.250. The SMILES string of the molecule is Cc1ncc2oc(-c3ccc(Cc4nc5n(n4)CCCC5c4ccc(Cl)cc4Cl)cc3)nn12. The first kappa shape index (κ1) is 20.4. The van der Waals surface area contributed by atoms with E-state index in [1.807, 2.05) is 35.9 Å². The van der Waals surface area contributed by atoms with Crippen LogP contribution in [0.15, 0.2) is 53.1 Å². The summed E-state index contributed by atoms with van der Waals surface area (Å²) in [7, 11) is 0. The van der Waals surface area contributed by atoms with Gasteiger partial charge in [0.25, 0.3) is 0 Å². The van der Waals surface area contributed by atoms with Crippen LogP contribution >= 0.6 is 23.2 Å². The van der Waals surface area contributed by atoms with Gasteiger partial charge in [-0.3, -0.25) is 0 Å². The van der Waals surface area contributed by atoms with E-state index >= 15 is 0 Å².